The Bertz CT molecular complexity index is 359. The maximum Gasteiger partial charge on any atom is 0.151 e. The fourth-order valence-corrected chi connectivity index (χ4v) is 2.15. The van der Waals surface area contributed by atoms with Crippen molar-refractivity contribution in [2.45, 2.75) is 25.9 Å². The smallest absolute Gasteiger partial charge is 0.151 e. The van der Waals surface area contributed by atoms with Crippen molar-refractivity contribution in [3.05, 3.63) is 17.8 Å². The van der Waals surface area contributed by atoms with Gasteiger partial charge in [0.15, 0.2) is 5.82 Å². The standard InChI is InChI=1S/C12H19N3O/c1-9-7-11(13)12(14-8-9)15-5-3-10(16-2)4-6-15/h7-8,10H,3-6,13H2,1-2H3. The van der Waals surface area contributed by atoms with Gasteiger partial charge in [-0.1, -0.05) is 0 Å². The Balaban J connectivity index is 2.08. The highest BCUT2D eigenvalue weighted by Crippen LogP contribution is 2.24. The summed E-state index contributed by atoms with van der Waals surface area (Å²) < 4.78 is 5.35. The minimum atomic E-state index is 0.392. The minimum absolute atomic E-state index is 0.392. The van der Waals surface area contributed by atoms with Crippen LogP contribution in [0.25, 0.3) is 0 Å². The number of aryl methyl sites for hydroxylation is 1. The molecule has 0 aromatic carbocycles. The molecular weight excluding hydrogens is 202 g/mol. The monoisotopic (exact) mass is 221 g/mol. The molecule has 4 nitrogen and oxygen atoms in total. The number of piperidine rings is 1. The van der Waals surface area contributed by atoms with Gasteiger partial charge in [-0.3, -0.25) is 0 Å². The zero-order chi connectivity index (χ0) is 11.5. The molecule has 1 fully saturated rings. The van der Waals surface area contributed by atoms with Crippen LogP contribution in [-0.2, 0) is 4.74 Å². The van der Waals surface area contributed by atoms with Gasteiger partial charge in [-0.05, 0) is 31.4 Å². The number of hydrogen-bond acceptors (Lipinski definition) is 4. The van der Waals surface area contributed by atoms with E-state index in [1.54, 1.807) is 7.11 Å². The number of aromatic nitrogens is 1. The van der Waals surface area contributed by atoms with Crippen molar-refractivity contribution in [2.75, 3.05) is 30.8 Å². The Morgan fingerprint density at radius 3 is 2.69 bits per heavy atom. The van der Waals surface area contributed by atoms with Gasteiger partial charge in [-0.15, -0.1) is 0 Å². The number of rotatable bonds is 2. The number of nitrogen functional groups attached to an aromatic ring is 1. The quantitative estimate of drug-likeness (QED) is 0.824. The molecule has 1 aliphatic heterocycles. The van der Waals surface area contributed by atoms with Gasteiger partial charge in [0.25, 0.3) is 0 Å². The van der Waals surface area contributed by atoms with Crippen LogP contribution in [0.4, 0.5) is 11.5 Å². The van der Waals surface area contributed by atoms with Gasteiger partial charge in [-0.25, -0.2) is 4.98 Å². The third kappa shape index (κ3) is 2.27. The zero-order valence-corrected chi connectivity index (χ0v) is 9.94. The third-order valence-electron chi connectivity index (χ3n) is 3.11. The van der Waals surface area contributed by atoms with E-state index in [0.717, 1.165) is 43.0 Å². The van der Waals surface area contributed by atoms with Crippen LogP contribution in [0.15, 0.2) is 12.3 Å². The predicted molar refractivity (Wildman–Crippen MR) is 65.6 cm³/mol. The van der Waals surface area contributed by atoms with Crippen molar-refractivity contribution in [1.82, 2.24) is 4.98 Å². The summed E-state index contributed by atoms with van der Waals surface area (Å²) in [5.74, 6) is 0.917. The molecule has 0 amide bonds. The SMILES string of the molecule is COC1CCN(c2ncc(C)cc2N)CC1. The first-order valence-corrected chi connectivity index (χ1v) is 5.70. The topological polar surface area (TPSA) is 51.4 Å². The molecule has 0 aliphatic carbocycles. The van der Waals surface area contributed by atoms with E-state index in [9.17, 15) is 0 Å². The molecular formula is C12H19N3O. The molecule has 88 valence electrons. The number of nitrogens with zero attached hydrogens (tertiary/aromatic N) is 2. The first kappa shape index (κ1) is 11.2. The van der Waals surface area contributed by atoms with Gasteiger partial charge >= 0.3 is 0 Å². The fourth-order valence-electron chi connectivity index (χ4n) is 2.15. The Hall–Kier alpha value is -1.29. The largest absolute Gasteiger partial charge is 0.396 e. The molecule has 2 heterocycles. The minimum Gasteiger partial charge on any atom is -0.396 e. The molecule has 1 saturated heterocycles. The van der Waals surface area contributed by atoms with Crippen molar-refractivity contribution >= 4 is 11.5 Å². The van der Waals surface area contributed by atoms with E-state index < -0.39 is 0 Å². The fraction of sp³-hybridized carbons (Fsp3) is 0.583. The van der Waals surface area contributed by atoms with Gasteiger partial charge in [0, 0.05) is 26.4 Å². The Morgan fingerprint density at radius 1 is 1.44 bits per heavy atom. The number of methoxy groups -OCH3 is 1. The van der Waals surface area contributed by atoms with Gasteiger partial charge in [0.05, 0.1) is 11.8 Å². The van der Waals surface area contributed by atoms with Crippen LogP contribution in [0.1, 0.15) is 18.4 Å². The van der Waals surface area contributed by atoms with Crippen molar-refractivity contribution in [3.8, 4) is 0 Å². The van der Waals surface area contributed by atoms with Crippen LogP contribution < -0.4 is 10.6 Å². The lowest BCUT2D eigenvalue weighted by Crippen LogP contribution is -2.37. The molecule has 0 atom stereocenters. The van der Waals surface area contributed by atoms with Crippen molar-refractivity contribution in [3.63, 3.8) is 0 Å². The maximum atomic E-state index is 5.98. The van der Waals surface area contributed by atoms with Crippen LogP contribution in [0, 0.1) is 6.92 Å². The van der Waals surface area contributed by atoms with E-state index in [2.05, 4.69) is 9.88 Å². The normalized spacial score (nSPS) is 17.8. The van der Waals surface area contributed by atoms with Crippen molar-refractivity contribution in [1.29, 1.82) is 0 Å². The van der Waals surface area contributed by atoms with E-state index in [1.807, 2.05) is 19.2 Å². The second-order valence-corrected chi connectivity index (χ2v) is 4.35. The van der Waals surface area contributed by atoms with E-state index in [-0.39, 0.29) is 0 Å². The predicted octanol–water partition coefficient (Wildman–Crippen LogP) is 1.59. The molecule has 0 saturated carbocycles. The first-order chi connectivity index (χ1) is 7.70. The summed E-state index contributed by atoms with van der Waals surface area (Å²) in [6.45, 7) is 3.95. The highest BCUT2D eigenvalue weighted by atomic mass is 16.5. The molecule has 0 radical (unpaired) electrons. The molecule has 1 aromatic rings. The van der Waals surface area contributed by atoms with Crippen LogP contribution in [-0.4, -0.2) is 31.3 Å². The van der Waals surface area contributed by atoms with Crippen molar-refractivity contribution in [2.24, 2.45) is 0 Å². The summed E-state index contributed by atoms with van der Waals surface area (Å²) in [4.78, 5) is 6.65. The molecule has 2 rings (SSSR count). The lowest BCUT2D eigenvalue weighted by Gasteiger charge is -2.32. The van der Waals surface area contributed by atoms with E-state index in [1.165, 1.54) is 0 Å². The molecule has 16 heavy (non-hydrogen) atoms. The van der Waals surface area contributed by atoms with Crippen LogP contribution in [0.5, 0.6) is 0 Å². The van der Waals surface area contributed by atoms with E-state index in [4.69, 9.17) is 10.5 Å². The third-order valence-corrected chi connectivity index (χ3v) is 3.11. The highest BCUT2D eigenvalue weighted by molar-refractivity contribution is 5.63. The summed E-state index contributed by atoms with van der Waals surface area (Å²) in [5.41, 5.74) is 7.86. The lowest BCUT2D eigenvalue weighted by atomic mass is 10.1. The Kier molecular flexibility index (Phi) is 3.29. The average Bonchev–Trinajstić information content (AvgIpc) is 2.29. The van der Waals surface area contributed by atoms with E-state index in [0.29, 0.717) is 6.10 Å². The molecule has 0 spiro atoms. The number of ether oxygens (including phenoxy) is 1. The van der Waals surface area contributed by atoms with Crippen LogP contribution in [0.2, 0.25) is 0 Å². The highest BCUT2D eigenvalue weighted by Gasteiger charge is 2.20. The molecule has 1 aliphatic rings. The number of nitrogens with two attached hydrogens (primary N) is 1. The molecule has 4 heteroatoms. The van der Waals surface area contributed by atoms with Crippen molar-refractivity contribution < 1.29 is 4.74 Å². The number of hydrogen-bond donors (Lipinski definition) is 1. The summed E-state index contributed by atoms with van der Waals surface area (Å²) in [6, 6.07) is 1.98. The van der Waals surface area contributed by atoms with Crippen LogP contribution >= 0.6 is 0 Å². The summed E-state index contributed by atoms with van der Waals surface area (Å²) in [6.07, 6.45) is 4.35. The number of anilines is 2. The van der Waals surface area contributed by atoms with Crippen LogP contribution in [0.3, 0.4) is 0 Å². The lowest BCUT2D eigenvalue weighted by molar-refractivity contribution is 0.0818. The summed E-state index contributed by atoms with van der Waals surface area (Å²) in [7, 11) is 1.78. The van der Waals surface area contributed by atoms with Gasteiger partial charge in [0.2, 0.25) is 0 Å². The molecule has 0 unspecified atom stereocenters. The molecule has 2 N–H and O–H groups in total. The molecule has 1 aromatic heterocycles. The second-order valence-electron chi connectivity index (χ2n) is 4.35. The molecule has 0 bridgehead atoms. The maximum absolute atomic E-state index is 5.98. The van der Waals surface area contributed by atoms with E-state index >= 15 is 0 Å². The number of pyridine rings is 1. The van der Waals surface area contributed by atoms with Gasteiger partial charge in [0.1, 0.15) is 0 Å². The Labute approximate surface area is 96.4 Å². The van der Waals surface area contributed by atoms with Gasteiger partial charge < -0.3 is 15.4 Å². The zero-order valence-electron chi connectivity index (χ0n) is 9.94. The Morgan fingerprint density at radius 2 is 2.12 bits per heavy atom. The van der Waals surface area contributed by atoms with Gasteiger partial charge in [-0.2, -0.15) is 0 Å². The average molecular weight is 221 g/mol. The summed E-state index contributed by atoms with van der Waals surface area (Å²) >= 11 is 0. The first-order valence-electron chi connectivity index (χ1n) is 5.70. The summed E-state index contributed by atoms with van der Waals surface area (Å²) in [5, 5.41) is 0. The second kappa shape index (κ2) is 4.70.